The van der Waals surface area contributed by atoms with Crippen LogP contribution in [0.5, 0.6) is 0 Å². The number of rotatable bonds is 9. The van der Waals surface area contributed by atoms with Gasteiger partial charge >= 0.3 is 5.97 Å². The Hall–Kier alpha value is -2.05. The van der Waals surface area contributed by atoms with Gasteiger partial charge in [-0.15, -0.1) is 0 Å². The Morgan fingerprint density at radius 2 is 1.96 bits per heavy atom. The SMILES string of the molecule is CN=C(NCCCCCCC(=O)OC)NCc1ncc(C(C)(C)C)o1. The molecule has 1 heterocycles. The molecule has 7 heteroatoms. The summed E-state index contributed by atoms with van der Waals surface area (Å²) in [4.78, 5) is 19.5. The highest BCUT2D eigenvalue weighted by molar-refractivity contribution is 5.79. The number of aliphatic imine (C=N–C) groups is 1. The number of aromatic nitrogens is 1. The molecule has 0 spiro atoms. The molecule has 1 rings (SSSR count). The topological polar surface area (TPSA) is 88.8 Å². The Balaban J connectivity index is 2.18. The number of methoxy groups -OCH3 is 1. The first kappa shape index (κ1) is 21.0. The average molecular weight is 352 g/mol. The third-order valence-electron chi connectivity index (χ3n) is 3.75. The first-order chi connectivity index (χ1) is 11.9. The highest BCUT2D eigenvalue weighted by atomic mass is 16.5. The molecule has 0 fully saturated rings. The molecule has 0 saturated carbocycles. The maximum atomic E-state index is 11.0. The van der Waals surface area contributed by atoms with Crippen LogP contribution >= 0.6 is 0 Å². The van der Waals surface area contributed by atoms with Crippen LogP contribution < -0.4 is 10.6 Å². The molecule has 0 atom stereocenters. The van der Waals surface area contributed by atoms with Crippen LogP contribution in [0, 0.1) is 0 Å². The number of carbonyl (C=O) groups excluding carboxylic acids is 1. The van der Waals surface area contributed by atoms with Gasteiger partial charge in [-0.1, -0.05) is 33.6 Å². The fourth-order valence-corrected chi connectivity index (χ4v) is 2.18. The molecule has 0 unspecified atom stereocenters. The molecule has 2 N–H and O–H groups in total. The fourth-order valence-electron chi connectivity index (χ4n) is 2.18. The maximum Gasteiger partial charge on any atom is 0.305 e. The standard InChI is InChI=1S/C18H32N4O3/c1-18(2,3)14-12-21-15(25-14)13-22-17(19-4)20-11-9-7-6-8-10-16(23)24-5/h12H,6-11,13H2,1-5H3,(H2,19,20,22). The number of oxazole rings is 1. The highest BCUT2D eigenvalue weighted by Gasteiger charge is 2.19. The Labute approximate surface area is 150 Å². The second-order valence-electron chi connectivity index (χ2n) is 6.96. The Kier molecular flexibility index (Phi) is 9.02. The third kappa shape index (κ3) is 8.56. The van der Waals surface area contributed by atoms with Crippen LogP contribution in [-0.2, 0) is 21.5 Å². The summed E-state index contributed by atoms with van der Waals surface area (Å²) in [7, 11) is 3.16. The van der Waals surface area contributed by atoms with Gasteiger partial charge in [-0.25, -0.2) is 4.98 Å². The minimum Gasteiger partial charge on any atom is -0.469 e. The molecule has 25 heavy (non-hydrogen) atoms. The summed E-state index contributed by atoms with van der Waals surface area (Å²) in [6.07, 6.45) is 6.26. The second-order valence-corrected chi connectivity index (χ2v) is 6.96. The quantitative estimate of drug-likeness (QED) is 0.307. The van der Waals surface area contributed by atoms with Crippen LogP contribution in [0.1, 0.15) is 64.5 Å². The van der Waals surface area contributed by atoms with Crippen molar-refractivity contribution in [2.75, 3.05) is 20.7 Å². The molecule has 0 aliphatic heterocycles. The lowest BCUT2D eigenvalue weighted by Crippen LogP contribution is -2.37. The van der Waals surface area contributed by atoms with Crippen LogP contribution in [0.4, 0.5) is 0 Å². The number of guanidine groups is 1. The molecule has 142 valence electrons. The van der Waals surface area contributed by atoms with E-state index < -0.39 is 0 Å². The number of carbonyl (C=O) groups is 1. The van der Waals surface area contributed by atoms with Crippen LogP contribution in [0.25, 0.3) is 0 Å². The minimum absolute atomic E-state index is 0.0426. The largest absolute Gasteiger partial charge is 0.469 e. The average Bonchev–Trinajstić information content (AvgIpc) is 3.05. The Morgan fingerprint density at radius 1 is 1.24 bits per heavy atom. The predicted octanol–water partition coefficient (Wildman–Crippen LogP) is 2.76. The summed E-state index contributed by atoms with van der Waals surface area (Å²) in [5.74, 6) is 2.11. The van der Waals surface area contributed by atoms with Gasteiger partial charge in [0.05, 0.1) is 19.9 Å². The Bertz CT molecular complexity index is 547. The first-order valence-electron chi connectivity index (χ1n) is 8.83. The molecule has 7 nitrogen and oxygen atoms in total. The van der Waals surface area contributed by atoms with Gasteiger partial charge in [0.1, 0.15) is 5.76 Å². The van der Waals surface area contributed by atoms with Crippen molar-refractivity contribution in [1.82, 2.24) is 15.6 Å². The van der Waals surface area contributed by atoms with Crippen LogP contribution in [0.2, 0.25) is 0 Å². The third-order valence-corrected chi connectivity index (χ3v) is 3.75. The van der Waals surface area contributed by atoms with Gasteiger partial charge < -0.3 is 19.8 Å². The summed E-state index contributed by atoms with van der Waals surface area (Å²) >= 11 is 0. The molecule has 0 amide bonds. The van der Waals surface area contributed by atoms with E-state index in [1.807, 2.05) is 0 Å². The molecule has 0 aliphatic rings. The van der Waals surface area contributed by atoms with Crippen molar-refractivity contribution in [3.8, 4) is 0 Å². The highest BCUT2D eigenvalue weighted by Crippen LogP contribution is 2.22. The summed E-state index contributed by atoms with van der Waals surface area (Å²) in [5.41, 5.74) is -0.0426. The van der Waals surface area contributed by atoms with E-state index in [0.29, 0.717) is 18.9 Å². The van der Waals surface area contributed by atoms with Gasteiger partial charge in [0.2, 0.25) is 5.89 Å². The number of unbranched alkanes of at least 4 members (excludes halogenated alkanes) is 3. The molecule has 0 aromatic carbocycles. The zero-order valence-corrected chi connectivity index (χ0v) is 16.1. The van der Waals surface area contributed by atoms with E-state index in [0.717, 1.165) is 43.9 Å². The fraction of sp³-hybridized carbons (Fsp3) is 0.722. The lowest BCUT2D eigenvalue weighted by Gasteiger charge is -2.13. The van der Waals surface area contributed by atoms with Gasteiger partial charge in [-0.2, -0.15) is 0 Å². The number of nitrogens with zero attached hydrogens (tertiary/aromatic N) is 2. The van der Waals surface area contributed by atoms with Crippen molar-refractivity contribution in [3.05, 3.63) is 17.8 Å². The first-order valence-corrected chi connectivity index (χ1v) is 8.83. The van der Waals surface area contributed by atoms with Crippen molar-refractivity contribution < 1.29 is 13.9 Å². The number of hydrogen-bond acceptors (Lipinski definition) is 5. The van der Waals surface area contributed by atoms with Gasteiger partial charge in [0.15, 0.2) is 5.96 Å². The van der Waals surface area contributed by atoms with E-state index >= 15 is 0 Å². The monoisotopic (exact) mass is 352 g/mol. The van der Waals surface area contributed by atoms with E-state index in [4.69, 9.17) is 4.42 Å². The lowest BCUT2D eigenvalue weighted by molar-refractivity contribution is -0.140. The molecule has 0 radical (unpaired) electrons. The summed E-state index contributed by atoms with van der Waals surface area (Å²) < 4.78 is 10.4. The molecule has 0 saturated heterocycles. The molecule has 0 bridgehead atoms. The van der Waals surface area contributed by atoms with Crippen molar-refractivity contribution in [2.45, 2.75) is 64.8 Å². The maximum absolute atomic E-state index is 11.0. The van der Waals surface area contributed by atoms with E-state index in [2.05, 4.69) is 46.1 Å². The number of hydrogen-bond donors (Lipinski definition) is 2. The zero-order valence-electron chi connectivity index (χ0n) is 16.1. The molecule has 1 aromatic heterocycles. The molecule has 1 aromatic rings. The predicted molar refractivity (Wildman–Crippen MR) is 98.5 cm³/mol. The van der Waals surface area contributed by atoms with E-state index in [9.17, 15) is 4.79 Å². The van der Waals surface area contributed by atoms with E-state index in [-0.39, 0.29) is 11.4 Å². The lowest BCUT2D eigenvalue weighted by atomic mass is 9.94. The molecule has 0 aliphatic carbocycles. The van der Waals surface area contributed by atoms with Gasteiger partial charge in [-0.05, 0) is 12.8 Å². The van der Waals surface area contributed by atoms with Crippen molar-refractivity contribution in [1.29, 1.82) is 0 Å². The smallest absolute Gasteiger partial charge is 0.305 e. The van der Waals surface area contributed by atoms with E-state index in [1.165, 1.54) is 7.11 Å². The van der Waals surface area contributed by atoms with Crippen molar-refractivity contribution in [3.63, 3.8) is 0 Å². The number of nitrogens with one attached hydrogen (secondary N) is 2. The minimum atomic E-state index is -0.135. The summed E-state index contributed by atoms with van der Waals surface area (Å²) in [6, 6.07) is 0. The second kappa shape index (κ2) is 10.7. The van der Waals surface area contributed by atoms with E-state index in [1.54, 1.807) is 13.2 Å². The summed E-state index contributed by atoms with van der Waals surface area (Å²) in [5, 5.41) is 6.46. The van der Waals surface area contributed by atoms with Crippen molar-refractivity contribution >= 4 is 11.9 Å². The van der Waals surface area contributed by atoms with Crippen molar-refractivity contribution in [2.24, 2.45) is 4.99 Å². The molecular weight excluding hydrogens is 320 g/mol. The Morgan fingerprint density at radius 3 is 2.56 bits per heavy atom. The van der Waals surface area contributed by atoms with Crippen LogP contribution in [0.15, 0.2) is 15.6 Å². The number of ether oxygens (including phenoxy) is 1. The van der Waals surface area contributed by atoms with Gasteiger partial charge in [0, 0.05) is 25.4 Å². The number of esters is 1. The van der Waals surface area contributed by atoms with Gasteiger partial charge in [-0.3, -0.25) is 9.79 Å². The zero-order chi connectivity index (χ0) is 18.7. The summed E-state index contributed by atoms with van der Waals surface area (Å²) in [6.45, 7) is 7.61. The normalized spacial score (nSPS) is 12.1. The van der Waals surface area contributed by atoms with Gasteiger partial charge in [0.25, 0.3) is 0 Å². The van der Waals surface area contributed by atoms with Crippen LogP contribution in [-0.4, -0.2) is 37.6 Å². The molecular formula is C18H32N4O3. The van der Waals surface area contributed by atoms with Crippen LogP contribution in [0.3, 0.4) is 0 Å².